The third-order valence-electron chi connectivity index (χ3n) is 4.02. The van der Waals surface area contributed by atoms with Crippen molar-refractivity contribution in [2.75, 3.05) is 0 Å². The topological polar surface area (TPSA) is 69.7 Å². The summed E-state index contributed by atoms with van der Waals surface area (Å²) in [6.45, 7) is 10.7. The van der Waals surface area contributed by atoms with E-state index in [1.807, 2.05) is 6.92 Å². The minimum atomic E-state index is -0.623. The van der Waals surface area contributed by atoms with Crippen LogP contribution in [0.3, 0.4) is 0 Å². The maximum atomic E-state index is 12.0. The van der Waals surface area contributed by atoms with Gasteiger partial charge in [-0.3, -0.25) is 9.59 Å². The Kier molecular flexibility index (Phi) is 4.64. The smallest absolute Gasteiger partial charge is 0.334 e. The highest BCUT2D eigenvalue weighted by molar-refractivity contribution is 5.95. The van der Waals surface area contributed by atoms with Crippen molar-refractivity contribution in [3.63, 3.8) is 0 Å². The normalized spacial score (nSPS) is 31.9. The lowest BCUT2D eigenvalue weighted by Crippen LogP contribution is -2.33. The van der Waals surface area contributed by atoms with E-state index in [0.717, 1.165) is 5.57 Å². The van der Waals surface area contributed by atoms with E-state index in [-0.39, 0.29) is 17.8 Å². The number of carbonyl (C=O) groups excluding carboxylic acids is 3. The SMILES string of the molecule is C=C1C[C@@H]2OC(=O)C(=C)[C@H]2[C@H](OC(C)=O)/C=C(\C)CCC1=O. The molecule has 2 rings (SSSR count). The van der Waals surface area contributed by atoms with Crippen LogP contribution >= 0.6 is 0 Å². The Morgan fingerprint density at radius 1 is 1.32 bits per heavy atom. The van der Waals surface area contributed by atoms with Crippen LogP contribution in [-0.4, -0.2) is 29.9 Å². The quantitative estimate of drug-likeness (QED) is 0.422. The standard InChI is InChI=1S/C17H20O5/c1-9-5-6-13(19)10(2)8-15-16(11(3)17(20)22-15)14(7-9)21-12(4)18/h7,14-16H,2-3,5-6,8H2,1,4H3/b9-7+/t14-,15+,16+/m1/s1. The molecule has 0 aromatic carbocycles. The van der Waals surface area contributed by atoms with E-state index >= 15 is 0 Å². The molecule has 2 aliphatic rings. The zero-order valence-electron chi connectivity index (χ0n) is 12.9. The summed E-state index contributed by atoms with van der Waals surface area (Å²) in [7, 11) is 0. The van der Waals surface area contributed by atoms with Gasteiger partial charge in [-0.05, 0) is 25.0 Å². The fraction of sp³-hybridized carbons (Fsp3) is 0.471. The summed E-state index contributed by atoms with van der Waals surface area (Å²) in [6, 6.07) is 0. The van der Waals surface area contributed by atoms with E-state index in [4.69, 9.17) is 9.47 Å². The molecule has 1 fully saturated rings. The third-order valence-corrected chi connectivity index (χ3v) is 4.02. The first kappa shape index (κ1) is 16.2. The van der Waals surface area contributed by atoms with Gasteiger partial charge in [-0.25, -0.2) is 4.79 Å². The fourth-order valence-electron chi connectivity index (χ4n) is 2.84. The van der Waals surface area contributed by atoms with Gasteiger partial charge in [-0.1, -0.05) is 18.7 Å². The van der Waals surface area contributed by atoms with Crippen LogP contribution in [0.15, 0.2) is 36.0 Å². The molecular formula is C17H20O5. The number of hydrogen-bond acceptors (Lipinski definition) is 5. The van der Waals surface area contributed by atoms with Crippen molar-refractivity contribution in [2.45, 2.75) is 45.3 Å². The van der Waals surface area contributed by atoms with E-state index in [0.29, 0.717) is 18.4 Å². The Bertz CT molecular complexity index is 584. The lowest BCUT2D eigenvalue weighted by molar-refractivity contribution is -0.147. The highest BCUT2D eigenvalue weighted by atomic mass is 16.6. The molecule has 1 aliphatic carbocycles. The van der Waals surface area contributed by atoms with Crippen LogP contribution in [0.4, 0.5) is 0 Å². The summed E-state index contributed by atoms with van der Waals surface area (Å²) in [5.74, 6) is -1.48. The number of allylic oxidation sites excluding steroid dienone is 1. The van der Waals surface area contributed by atoms with Crippen LogP contribution in [0.1, 0.15) is 33.1 Å². The molecule has 0 aromatic heterocycles. The zero-order valence-corrected chi connectivity index (χ0v) is 12.9. The molecule has 0 aromatic rings. The number of carbonyl (C=O) groups is 3. The monoisotopic (exact) mass is 304 g/mol. The van der Waals surface area contributed by atoms with Crippen molar-refractivity contribution in [3.05, 3.63) is 36.0 Å². The van der Waals surface area contributed by atoms with Crippen LogP contribution < -0.4 is 0 Å². The molecule has 1 saturated heterocycles. The molecule has 1 aliphatic heterocycles. The predicted molar refractivity (Wildman–Crippen MR) is 79.8 cm³/mol. The van der Waals surface area contributed by atoms with Crippen molar-refractivity contribution in [1.82, 2.24) is 0 Å². The summed E-state index contributed by atoms with van der Waals surface area (Å²) in [4.78, 5) is 35.2. The predicted octanol–water partition coefficient (Wildman–Crippen LogP) is 2.27. The van der Waals surface area contributed by atoms with Gasteiger partial charge in [-0.15, -0.1) is 0 Å². The molecule has 0 amide bonds. The highest BCUT2D eigenvalue weighted by Crippen LogP contribution is 2.36. The minimum Gasteiger partial charge on any atom is -0.458 e. The zero-order chi connectivity index (χ0) is 16.4. The first-order chi connectivity index (χ1) is 10.3. The third kappa shape index (κ3) is 3.35. The second-order valence-electron chi connectivity index (χ2n) is 5.81. The molecule has 0 spiro atoms. The molecule has 0 unspecified atom stereocenters. The van der Waals surface area contributed by atoms with Gasteiger partial charge in [0.15, 0.2) is 5.78 Å². The molecule has 118 valence electrons. The Labute approximate surface area is 129 Å². The van der Waals surface area contributed by atoms with E-state index in [1.54, 1.807) is 6.08 Å². The lowest BCUT2D eigenvalue weighted by Gasteiger charge is -2.26. The molecular weight excluding hydrogens is 284 g/mol. The van der Waals surface area contributed by atoms with Gasteiger partial charge < -0.3 is 9.47 Å². The number of ether oxygens (including phenoxy) is 2. The summed E-state index contributed by atoms with van der Waals surface area (Å²) >= 11 is 0. The number of esters is 2. The van der Waals surface area contributed by atoms with Gasteiger partial charge in [0.05, 0.1) is 5.92 Å². The first-order valence-electron chi connectivity index (χ1n) is 7.25. The summed E-state index contributed by atoms with van der Waals surface area (Å²) in [5, 5.41) is 0. The fourth-order valence-corrected chi connectivity index (χ4v) is 2.84. The second kappa shape index (κ2) is 6.30. The van der Waals surface area contributed by atoms with Gasteiger partial charge in [0.25, 0.3) is 0 Å². The molecule has 0 saturated carbocycles. The van der Waals surface area contributed by atoms with E-state index in [9.17, 15) is 14.4 Å². The first-order valence-corrected chi connectivity index (χ1v) is 7.25. The second-order valence-corrected chi connectivity index (χ2v) is 5.81. The Morgan fingerprint density at radius 2 is 2.00 bits per heavy atom. The Morgan fingerprint density at radius 3 is 2.64 bits per heavy atom. The van der Waals surface area contributed by atoms with Gasteiger partial charge in [-0.2, -0.15) is 0 Å². The van der Waals surface area contributed by atoms with E-state index in [1.165, 1.54) is 6.92 Å². The maximum absolute atomic E-state index is 12.0. The number of ketones is 1. The molecule has 5 nitrogen and oxygen atoms in total. The maximum Gasteiger partial charge on any atom is 0.334 e. The van der Waals surface area contributed by atoms with Crippen molar-refractivity contribution in [2.24, 2.45) is 5.92 Å². The van der Waals surface area contributed by atoms with Crippen molar-refractivity contribution in [1.29, 1.82) is 0 Å². The van der Waals surface area contributed by atoms with E-state index in [2.05, 4.69) is 13.2 Å². The molecule has 22 heavy (non-hydrogen) atoms. The number of hydrogen-bond donors (Lipinski definition) is 0. The molecule has 3 atom stereocenters. The average Bonchev–Trinajstić information content (AvgIpc) is 2.69. The number of Topliss-reactive ketones (excluding diaryl/α,β-unsaturated/α-hetero) is 1. The van der Waals surface area contributed by atoms with E-state index < -0.39 is 30.1 Å². The molecule has 0 bridgehead atoms. The number of fused-ring (bicyclic) bond motifs is 1. The summed E-state index contributed by atoms with van der Waals surface area (Å²) in [6.07, 6.45) is 1.73. The number of rotatable bonds is 1. The van der Waals surface area contributed by atoms with Crippen LogP contribution in [0.2, 0.25) is 0 Å². The van der Waals surface area contributed by atoms with Crippen molar-refractivity contribution >= 4 is 17.7 Å². The van der Waals surface area contributed by atoms with Gasteiger partial charge in [0, 0.05) is 25.3 Å². The largest absolute Gasteiger partial charge is 0.458 e. The van der Waals surface area contributed by atoms with Crippen molar-refractivity contribution in [3.8, 4) is 0 Å². The summed E-state index contributed by atoms with van der Waals surface area (Å²) in [5.41, 5.74) is 1.61. The van der Waals surface area contributed by atoms with Crippen molar-refractivity contribution < 1.29 is 23.9 Å². The lowest BCUT2D eigenvalue weighted by atomic mass is 9.84. The highest BCUT2D eigenvalue weighted by Gasteiger charge is 2.44. The Hall–Kier alpha value is -2.17. The molecule has 5 heteroatoms. The minimum absolute atomic E-state index is 0.0361. The molecule has 0 N–H and O–H groups in total. The van der Waals surface area contributed by atoms with Crippen LogP contribution in [-0.2, 0) is 23.9 Å². The van der Waals surface area contributed by atoms with Gasteiger partial charge in [0.1, 0.15) is 12.2 Å². The van der Waals surface area contributed by atoms with Crippen LogP contribution in [0.5, 0.6) is 0 Å². The van der Waals surface area contributed by atoms with Gasteiger partial charge >= 0.3 is 11.9 Å². The van der Waals surface area contributed by atoms with Crippen LogP contribution in [0, 0.1) is 5.92 Å². The summed E-state index contributed by atoms with van der Waals surface area (Å²) < 4.78 is 10.7. The average molecular weight is 304 g/mol. The van der Waals surface area contributed by atoms with Crippen LogP contribution in [0.25, 0.3) is 0 Å². The van der Waals surface area contributed by atoms with Gasteiger partial charge in [0.2, 0.25) is 0 Å². The Balaban J connectivity index is 2.42. The molecule has 0 radical (unpaired) electrons. The molecule has 1 heterocycles.